The van der Waals surface area contributed by atoms with Crippen LogP contribution in [0.1, 0.15) is 56.9 Å². The predicted molar refractivity (Wildman–Crippen MR) is 67.1 cm³/mol. The fourth-order valence-electron chi connectivity index (χ4n) is 2.23. The van der Waals surface area contributed by atoms with E-state index in [1.807, 2.05) is 11.0 Å². The van der Waals surface area contributed by atoms with Crippen LogP contribution in [0.3, 0.4) is 0 Å². The van der Waals surface area contributed by atoms with Gasteiger partial charge in [-0.3, -0.25) is 4.79 Å². The van der Waals surface area contributed by atoms with Crippen LogP contribution in [-0.4, -0.2) is 23.4 Å². The minimum Gasteiger partial charge on any atom is -0.455 e. The molecule has 94 valence electrons. The third-order valence-electron chi connectivity index (χ3n) is 3.37. The van der Waals surface area contributed by atoms with E-state index in [1.165, 1.54) is 0 Å². The molecule has 1 saturated heterocycles. The molecule has 3 nitrogen and oxygen atoms in total. The first-order valence-corrected chi connectivity index (χ1v) is 6.31. The minimum atomic E-state index is -0.0465. The molecule has 1 aliphatic heterocycles. The van der Waals surface area contributed by atoms with Crippen LogP contribution in [0, 0.1) is 0 Å². The summed E-state index contributed by atoms with van der Waals surface area (Å²) in [6.07, 6.45) is 2.19. The van der Waals surface area contributed by atoms with Gasteiger partial charge in [-0.25, -0.2) is 0 Å². The number of likely N-dealkylation sites (tertiary alicyclic amines) is 1. The van der Waals surface area contributed by atoms with Crippen molar-refractivity contribution in [3.8, 4) is 0 Å². The molecule has 1 unspecified atom stereocenters. The molecule has 0 spiro atoms. The summed E-state index contributed by atoms with van der Waals surface area (Å²) in [4.78, 5) is 14.1. The standard InChI is InChI=1S/C14H21NO2/c1-10-6-5-9-15(10)13(16)11-7-8-12(17-11)14(2,3)4/h7-8,10H,5-6,9H2,1-4H3. The van der Waals surface area contributed by atoms with Gasteiger partial charge in [0.1, 0.15) is 5.76 Å². The van der Waals surface area contributed by atoms with Gasteiger partial charge in [0.15, 0.2) is 5.76 Å². The fourth-order valence-corrected chi connectivity index (χ4v) is 2.23. The van der Waals surface area contributed by atoms with Crippen molar-refractivity contribution in [2.24, 2.45) is 0 Å². The van der Waals surface area contributed by atoms with Gasteiger partial charge in [-0.15, -0.1) is 0 Å². The van der Waals surface area contributed by atoms with Crippen LogP contribution in [0.15, 0.2) is 16.5 Å². The van der Waals surface area contributed by atoms with E-state index in [9.17, 15) is 4.79 Å². The summed E-state index contributed by atoms with van der Waals surface area (Å²) in [6, 6.07) is 4.05. The number of furan rings is 1. The lowest BCUT2D eigenvalue weighted by atomic mass is 9.94. The highest BCUT2D eigenvalue weighted by atomic mass is 16.4. The third kappa shape index (κ3) is 2.38. The first kappa shape index (κ1) is 12.2. The maximum atomic E-state index is 12.2. The highest BCUT2D eigenvalue weighted by molar-refractivity contribution is 5.92. The van der Waals surface area contributed by atoms with Crippen molar-refractivity contribution >= 4 is 5.91 Å². The summed E-state index contributed by atoms with van der Waals surface area (Å²) in [5.74, 6) is 1.38. The molecule has 0 aromatic carbocycles. The molecule has 2 heterocycles. The van der Waals surface area contributed by atoms with Crippen LogP contribution in [0.25, 0.3) is 0 Å². The zero-order valence-corrected chi connectivity index (χ0v) is 11.1. The molecule has 3 heteroatoms. The monoisotopic (exact) mass is 235 g/mol. The Labute approximate surface area is 103 Å². The Morgan fingerprint density at radius 3 is 2.59 bits per heavy atom. The van der Waals surface area contributed by atoms with E-state index in [0.29, 0.717) is 11.8 Å². The summed E-state index contributed by atoms with van der Waals surface area (Å²) in [7, 11) is 0. The van der Waals surface area contributed by atoms with Crippen LogP contribution >= 0.6 is 0 Å². The Morgan fingerprint density at radius 1 is 1.41 bits per heavy atom. The average molecular weight is 235 g/mol. The van der Waals surface area contributed by atoms with Crippen molar-refractivity contribution in [3.63, 3.8) is 0 Å². The molecule has 0 N–H and O–H groups in total. The first-order valence-electron chi connectivity index (χ1n) is 6.31. The highest BCUT2D eigenvalue weighted by Gasteiger charge is 2.29. The Kier molecular flexibility index (Phi) is 3.02. The average Bonchev–Trinajstić information content (AvgIpc) is 2.83. The smallest absolute Gasteiger partial charge is 0.289 e. The first-order chi connectivity index (χ1) is 7.89. The molecular formula is C14H21NO2. The van der Waals surface area contributed by atoms with E-state index < -0.39 is 0 Å². The fraction of sp³-hybridized carbons (Fsp3) is 0.643. The number of carbonyl (C=O) groups excluding carboxylic acids is 1. The van der Waals surface area contributed by atoms with Crippen LogP contribution in [0.2, 0.25) is 0 Å². The summed E-state index contributed by atoms with van der Waals surface area (Å²) in [5.41, 5.74) is -0.0465. The number of hydrogen-bond acceptors (Lipinski definition) is 2. The zero-order chi connectivity index (χ0) is 12.6. The molecule has 1 amide bonds. The van der Waals surface area contributed by atoms with E-state index in [-0.39, 0.29) is 11.3 Å². The van der Waals surface area contributed by atoms with Crippen molar-refractivity contribution in [2.75, 3.05) is 6.54 Å². The topological polar surface area (TPSA) is 33.5 Å². The van der Waals surface area contributed by atoms with Crippen molar-refractivity contribution in [1.82, 2.24) is 4.90 Å². The molecule has 0 aliphatic carbocycles. The van der Waals surface area contributed by atoms with E-state index in [2.05, 4.69) is 27.7 Å². The second-order valence-corrected chi connectivity index (χ2v) is 5.90. The summed E-state index contributed by atoms with van der Waals surface area (Å²) in [6.45, 7) is 9.19. The Balaban J connectivity index is 2.18. The summed E-state index contributed by atoms with van der Waals surface area (Å²) in [5, 5.41) is 0. The molecule has 1 fully saturated rings. The molecule has 17 heavy (non-hydrogen) atoms. The van der Waals surface area contributed by atoms with Gasteiger partial charge in [0.05, 0.1) is 0 Å². The SMILES string of the molecule is CC1CCCN1C(=O)c1ccc(C(C)(C)C)o1. The largest absolute Gasteiger partial charge is 0.455 e. The normalized spacial score (nSPS) is 20.9. The summed E-state index contributed by atoms with van der Waals surface area (Å²) < 4.78 is 5.68. The molecule has 0 radical (unpaired) electrons. The molecule has 0 saturated carbocycles. The van der Waals surface area contributed by atoms with Crippen molar-refractivity contribution in [3.05, 3.63) is 23.7 Å². The van der Waals surface area contributed by atoms with Crippen LogP contribution in [-0.2, 0) is 5.41 Å². The lowest BCUT2D eigenvalue weighted by Crippen LogP contribution is -2.33. The third-order valence-corrected chi connectivity index (χ3v) is 3.37. The van der Waals surface area contributed by atoms with Gasteiger partial charge >= 0.3 is 0 Å². The molecule has 0 bridgehead atoms. The molecule has 1 aliphatic rings. The van der Waals surface area contributed by atoms with Gasteiger partial charge in [-0.05, 0) is 31.9 Å². The van der Waals surface area contributed by atoms with Crippen LogP contribution in [0.4, 0.5) is 0 Å². The second-order valence-electron chi connectivity index (χ2n) is 5.90. The van der Waals surface area contributed by atoms with Crippen molar-refractivity contribution in [2.45, 2.75) is 52.0 Å². The van der Waals surface area contributed by atoms with Crippen LogP contribution < -0.4 is 0 Å². The van der Waals surface area contributed by atoms with E-state index >= 15 is 0 Å². The van der Waals surface area contributed by atoms with Crippen molar-refractivity contribution in [1.29, 1.82) is 0 Å². The number of rotatable bonds is 1. The number of nitrogens with zero attached hydrogens (tertiary/aromatic N) is 1. The number of carbonyl (C=O) groups is 1. The van der Waals surface area contributed by atoms with Crippen molar-refractivity contribution < 1.29 is 9.21 Å². The lowest BCUT2D eigenvalue weighted by molar-refractivity contribution is 0.0711. The Morgan fingerprint density at radius 2 is 2.12 bits per heavy atom. The maximum Gasteiger partial charge on any atom is 0.289 e. The lowest BCUT2D eigenvalue weighted by Gasteiger charge is -2.20. The molecule has 1 aromatic rings. The molecule has 1 atom stereocenters. The zero-order valence-electron chi connectivity index (χ0n) is 11.1. The van der Waals surface area contributed by atoms with Gasteiger partial charge < -0.3 is 9.32 Å². The number of hydrogen-bond donors (Lipinski definition) is 0. The molecule has 1 aromatic heterocycles. The highest BCUT2D eigenvalue weighted by Crippen LogP contribution is 2.26. The van der Waals surface area contributed by atoms with Crippen LogP contribution in [0.5, 0.6) is 0 Å². The number of amides is 1. The van der Waals surface area contributed by atoms with E-state index in [1.54, 1.807) is 6.07 Å². The van der Waals surface area contributed by atoms with Gasteiger partial charge in [-0.2, -0.15) is 0 Å². The maximum absolute atomic E-state index is 12.2. The van der Waals surface area contributed by atoms with Gasteiger partial charge in [0.25, 0.3) is 5.91 Å². The molecule has 2 rings (SSSR count). The second kappa shape index (κ2) is 4.21. The van der Waals surface area contributed by atoms with E-state index in [4.69, 9.17) is 4.42 Å². The minimum absolute atomic E-state index is 0.0329. The Bertz CT molecular complexity index is 414. The van der Waals surface area contributed by atoms with Gasteiger partial charge in [0, 0.05) is 18.0 Å². The Hall–Kier alpha value is -1.25. The predicted octanol–water partition coefficient (Wildman–Crippen LogP) is 3.20. The van der Waals surface area contributed by atoms with Gasteiger partial charge in [-0.1, -0.05) is 20.8 Å². The summed E-state index contributed by atoms with van der Waals surface area (Å²) >= 11 is 0. The van der Waals surface area contributed by atoms with Gasteiger partial charge in [0.2, 0.25) is 0 Å². The molecular weight excluding hydrogens is 214 g/mol. The van der Waals surface area contributed by atoms with E-state index in [0.717, 1.165) is 25.1 Å². The quantitative estimate of drug-likeness (QED) is 0.749.